The van der Waals surface area contributed by atoms with E-state index < -0.39 is 5.97 Å². The number of fused-ring (bicyclic) bond motifs is 1. The molecule has 0 saturated heterocycles. The normalized spacial score (nSPS) is 10.8. The van der Waals surface area contributed by atoms with Crippen molar-refractivity contribution in [2.24, 2.45) is 0 Å². The molecule has 3 rings (SSSR count). The van der Waals surface area contributed by atoms with E-state index in [1.54, 1.807) is 19.2 Å². The summed E-state index contributed by atoms with van der Waals surface area (Å²) < 4.78 is 17.2. The Bertz CT molecular complexity index is 905. The molecule has 0 spiro atoms. The van der Waals surface area contributed by atoms with Crippen LogP contribution in [0.25, 0.3) is 10.2 Å². The zero-order valence-corrected chi connectivity index (χ0v) is 17.1. The first-order chi connectivity index (χ1) is 13.7. The molecular weight excluding hydrogens is 374 g/mol. The molecule has 0 saturated carbocycles. The molecule has 6 heteroatoms. The number of rotatable bonds is 10. The van der Waals surface area contributed by atoms with Crippen LogP contribution in [0.5, 0.6) is 17.2 Å². The Morgan fingerprint density at radius 2 is 1.68 bits per heavy atom. The first-order valence-electron chi connectivity index (χ1n) is 9.59. The quantitative estimate of drug-likeness (QED) is 0.242. The van der Waals surface area contributed by atoms with Gasteiger partial charge in [-0.15, -0.1) is 11.3 Å². The summed E-state index contributed by atoms with van der Waals surface area (Å²) in [6, 6.07) is 12.6. The van der Waals surface area contributed by atoms with Gasteiger partial charge in [0.1, 0.15) is 17.2 Å². The summed E-state index contributed by atoms with van der Waals surface area (Å²) >= 11 is 1.29. The molecule has 0 aliphatic rings. The highest BCUT2D eigenvalue weighted by atomic mass is 32.1. The molecule has 0 unspecified atom stereocenters. The van der Waals surface area contributed by atoms with Crippen LogP contribution in [-0.2, 0) is 0 Å². The van der Waals surface area contributed by atoms with E-state index >= 15 is 0 Å². The smallest absolute Gasteiger partial charge is 0.372 e. The van der Waals surface area contributed by atoms with E-state index in [4.69, 9.17) is 14.2 Å². The minimum atomic E-state index is -0.468. The lowest BCUT2D eigenvalue weighted by Gasteiger charge is -2.07. The number of unbranched alkanes of at least 4 members (excludes halogenated alkanes) is 4. The van der Waals surface area contributed by atoms with E-state index in [0.717, 1.165) is 28.1 Å². The minimum Gasteiger partial charge on any atom is -0.497 e. The monoisotopic (exact) mass is 399 g/mol. The second-order valence-electron chi connectivity index (χ2n) is 6.48. The summed E-state index contributed by atoms with van der Waals surface area (Å²) in [5.74, 6) is 1.52. The zero-order chi connectivity index (χ0) is 19.8. The number of hydrogen-bond acceptors (Lipinski definition) is 6. The number of thiazole rings is 1. The maximum Gasteiger partial charge on any atom is 0.372 e. The molecule has 148 valence electrons. The predicted molar refractivity (Wildman–Crippen MR) is 112 cm³/mol. The van der Waals surface area contributed by atoms with Gasteiger partial charge in [-0.05, 0) is 48.9 Å². The Morgan fingerprint density at radius 3 is 2.43 bits per heavy atom. The standard InChI is InChI=1S/C22H25NO4S/c1-3-4-5-6-7-14-26-16-8-10-17(11-9-16)27-22(24)21-23-19-13-12-18(25-2)15-20(19)28-21/h8-13,15H,3-7,14H2,1-2H3. The third-order valence-corrected chi connectivity index (χ3v) is 5.32. The Labute approximate surface area is 169 Å². The lowest BCUT2D eigenvalue weighted by molar-refractivity contribution is 0.0734. The van der Waals surface area contributed by atoms with Crippen LogP contribution < -0.4 is 14.2 Å². The number of benzene rings is 2. The molecular formula is C22H25NO4S. The molecule has 28 heavy (non-hydrogen) atoms. The van der Waals surface area contributed by atoms with Gasteiger partial charge < -0.3 is 14.2 Å². The van der Waals surface area contributed by atoms with Gasteiger partial charge in [0.25, 0.3) is 0 Å². The number of esters is 1. The fraction of sp³-hybridized carbons (Fsp3) is 0.364. The first-order valence-corrected chi connectivity index (χ1v) is 10.4. The van der Waals surface area contributed by atoms with Crippen molar-refractivity contribution in [1.82, 2.24) is 4.98 Å². The van der Waals surface area contributed by atoms with Crippen LogP contribution in [0.15, 0.2) is 42.5 Å². The van der Waals surface area contributed by atoms with Gasteiger partial charge in [-0.1, -0.05) is 32.6 Å². The van der Waals surface area contributed by atoms with Gasteiger partial charge in [0, 0.05) is 0 Å². The third-order valence-electron chi connectivity index (χ3n) is 4.32. The van der Waals surface area contributed by atoms with E-state index in [9.17, 15) is 4.79 Å². The SMILES string of the molecule is CCCCCCCOc1ccc(OC(=O)c2nc3ccc(OC)cc3s2)cc1. The van der Waals surface area contributed by atoms with Gasteiger partial charge in [0.2, 0.25) is 5.01 Å². The highest BCUT2D eigenvalue weighted by molar-refractivity contribution is 7.20. The number of aromatic nitrogens is 1. The van der Waals surface area contributed by atoms with Crippen LogP contribution in [0, 0.1) is 0 Å². The number of carbonyl (C=O) groups excluding carboxylic acids is 1. The van der Waals surface area contributed by atoms with Crippen molar-refractivity contribution in [3.05, 3.63) is 47.5 Å². The number of nitrogens with zero attached hydrogens (tertiary/aromatic N) is 1. The van der Waals surface area contributed by atoms with Crippen molar-refractivity contribution in [3.63, 3.8) is 0 Å². The zero-order valence-electron chi connectivity index (χ0n) is 16.3. The Balaban J connectivity index is 1.53. The highest BCUT2D eigenvalue weighted by Gasteiger charge is 2.15. The maximum atomic E-state index is 12.4. The predicted octanol–water partition coefficient (Wildman–Crippen LogP) is 5.87. The van der Waals surface area contributed by atoms with Crippen LogP contribution in [-0.4, -0.2) is 24.7 Å². The Kier molecular flexibility index (Phi) is 7.25. The van der Waals surface area contributed by atoms with Gasteiger partial charge in [-0.3, -0.25) is 0 Å². The second-order valence-corrected chi connectivity index (χ2v) is 7.51. The van der Waals surface area contributed by atoms with Gasteiger partial charge in [0.15, 0.2) is 0 Å². The Morgan fingerprint density at radius 1 is 0.964 bits per heavy atom. The van der Waals surface area contributed by atoms with Gasteiger partial charge in [-0.2, -0.15) is 0 Å². The van der Waals surface area contributed by atoms with Crippen molar-refractivity contribution in [2.75, 3.05) is 13.7 Å². The summed E-state index contributed by atoms with van der Waals surface area (Å²) in [6.07, 6.45) is 6.03. The molecule has 0 aliphatic carbocycles. The van der Waals surface area contributed by atoms with E-state index in [1.807, 2.05) is 30.3 Å². The van der Waals surface area contributed by atoms with Crippen molar-refractivity contribution >= 4 is 27.5 Å². The van der Waals surface area contributed by atoms with Crippen LogP contribution in [0.2, 0.25) is 0 Å². The molecule has 2 aromatic carbocycles. The summed E-state index contributed by atoms with van der Waals surface area (Å²) in [6.45, 7) is 2.91. The Hall–Kier alpha value is -2.60. The largest absolute Gasteiger partial charge is 0.497 e. The molecule has 1 heterocycles. The molecule has 1 aromatic heterocycles. The van der Waals surface area contributed by atoms with Gasteiger partial charge in [-0.25, -0.2) is 9.78 Å². The average Bonchev–Trinajstić information content (AvgIpc) is 3.15. The second kappa shape index (κ2) is 10.1. The fourth-order valence-electron chi connectivity index (χ4n) is 2.77. The van der Waals surface area contributed by atoms with Crippen LogP contribution >= 0.6 is 11.3 Å². The lowest BCUT2D eigenvalue weighted by Crippen LogP contribution is -2.07. The molecule has 5 nitrogen and oxygen atoms in total. The molecule has 0 radical (unpaired) electrons. The van der Waals surface area contributed by atoms with Crippen molar-refractivity contribution in [3.8, 4) is 17.2 Å². The van der Waals surface area contributed by atoms with Crippen molar-refractivity contribution < 1.29 is 19.0 Å². The van der Waals surface area contributed by atoms with Gasteiger partial charge in [0.05, 0.1) is 23.9 Å². The molecule has 0 bridgehead atoms. The molecule has 0 amide bonds. The van der Waals surface area contributed by atoms with E-state index in [1.165, 1.54) is 37.0 Å². The third kappa shape index (κ3) is 5.45. The minimum absolute atomic E-state index is 0.315. The molecule has 0 aliphatic heterocycles. The fourth-order valence-corrected chi connectivity index (χ4v) is 3.64. The molecule has 0 N–H and O–H groups in total. The van der Waals surface area contributed by atoms with Crippen LogP contribution in [0.4, 0.5) is 0 Å². The summed E-state index contributed by atoms with van der Waals surface area (Å²) in [7, 11) is 1.61. The van der Waals surface area contributed by atoms with Crippen LogP contribution in [0.3, 0.4) is 0 Å². The maximum absolute atomic E-state index is 12.4. The van der Waals surface area contributed by atoms with E-state index in [2.05, 4.69) is 11.9 Å². The first kappa shape index (κ1) is 20.1. The van der Waals surface area contributed by atoms with Crippen molar-refractivity contribution in [1.29, 1.82) is 0 Å². The summed E-state index contributed by atoms with van der Waals surface area (Å²) in [4.78, 5) is 16.7. The van der Waals surface area contributed by atoms with Crippen molar-refractivity contribution in [2.45, 2.75) is 39.0 Å². The topological polar surface area (TPSA) is 57.7 Å². The molecule has 3 aromatic rings. The number of carbonyl (C=O) groups is 1. The molecule has 0 atom stereocenters. The van der Waals surface area contributed by atoms with Gasteiger partial charge >= 0.3 is 5.97 Å². The van der Waals surface area contributed by atoms with E-state index in [-0.39, 0.29) is 0 Å². The van der Waals surface area contributed by atoms with E-state index in [0.29, 0.717) is 17.4 Å². The number of ether oxygens (including phenoxy) is 3. The lowest BCUT2D eigenvalue weighted by atomic mass is 10.2. The average molecular weight is 400 g/mol. The molecule has 0 fully saturated rings. The summed E-state index contributed by atoms with van der Waals surface area (Å²) in [5.41, 5.74) is 0.750. The number of hydrogen-bond donors (Lipinski definition) is 0. The summed E-state index contributed by atoms with van der Waals surface area (Å²) in [5, 5.41) is 0.315. The van der Waals surface area contributed by atoms with Crippen LogP contribution in [0.1, 0.15) is 48.8 Å². The highest BCUT2D eigenvalue weighted by Crippen LogP contribution is 2.27. The number of methoxy groups -OCH3 is 1.